The minimum Gasteiger partial charge on any atom is -0.493 e. The Morgan fingerprint density at radius 1 is 1.17 bits per heavy atom. The van der Waals surface area contributed by atoms with Gasteiger partial charge >= 0.3 is 0 Å². The average Bonchev–Trinajstić information content (AvgIpc) is 3.54. The van der Waals surface area contributed by atoms with Crippen LogP contribution in [0.1, 0.15) is 43.6 Å². The van der Waals surface area contributed by atoms with Gasteiger partial charge < -0.3 is 19.7 Å². The monoisotopic (exact) mass is 479 g/mol. The van der Waals surface area contributed by atoms with Crippen molar-refractivity contribution in [2.24, 2.45) is 0 Å². The quantitative estimate of drug-likeness (QED) is 0.424. The van der Waals surface area contributed by atoms with Gasteiger partial charge in [0, 0.05) is 50.2 Å². The third-order valence-corrected chi connectivity index (χ3v) is 6.98. The Hall–Kier alpha value is -2.75. The summed E-state index contributed by atoms with van der Waals surface area (Å²) in [6, 6.07) is 6.66. The maximum absolute atomic E-state index is 6.21. The van der Waals surface area contributed by atoms with Gasteiger partial charge in [0.25, 0.3) is 0 Å². The second kappa shape index (κ2) is 11.3. The molecule has 2 N–H and O–H groups in total. The van der Waals surface area contributed by atoms with E-state index < -0.39 is 0 Å². The van der Waals surface area contributed by atoms with Gasteiger partial charge in [0.1, 0.15) is 17.4 Å². The second-order valence-corrected chi connectivity index (χ2v) is 9.73. The van der Waals surface area contributed by atoms with E-state index in [2.05, 4.69) is 42.3 Å². The summed E-state index contributed by atoms with van der Waals surface area (Å²) in [5.41, 5.74) is 2.86. The Balaban J connectivity index is 1.26. The van der Waals surface area contributed by atoms with Crippen LogP contribution >= 0.6 is 0 Å². The molecule has 0 saturated carbocycles. The van der Waals surface area contributed by atoms with E-state index in [9.17, 15) is 0 Å². The predicted molar refractivity (Wildman–Crippen MR) is 137 cm³/mol. The van der Waals surface area contributed by atoms with Crippen molar-refractivity contribution in [2.75, 3.05) is 51.8 Å². The highest BCUT2D eigenvalue weighted by Crippen LogP contribution is 2.30. The van der Waals surface area contributed by atoms with Crippen LogP contribution in [-0.4, -0.2) is 82.5 Å². The van der Waals surface area contributed by atoms with Crippen LogP contribution < -0.4 is 10.1 Å². The number of likely N-dealkylation sites (tertiary alicyclic amines) is 1. The molecule has 2 saturated heterocycles. The molecule has 9 nitrogen and oxygen atoms in total. The molecule has 0 amide bonds. The van der Waals surface area contributed by atoms with Gasteiger partial charge in [-0.25, -0.2) is 9.97 Å². The van der Waals surface area contributed by atoms with E-state index in [-0.39, 0.29) is 0 Å². The Labute approximate surface area is 207 Å². The number of nitrogens with one attached hydrogen (secondary N) is 2. The maximum Gasteiger partial charge on any atom is 0.134 e. The van der Waals surface area contributed by atoms with Crippen LogP contribution in [0.3, 0.4) is 0 Å². The fourth-order valence-corrected chi connectivity index (χ4v) is 5.12. The van der Waals surface area contributed by atoms with Crippen molar-refractivity contribution in [3.05, 3.63) is 35.9 Å². The summed E-state index contributed by atoms with van der Waals surface area (Å²) in [6.07, 6.45) is 7.62. The normalized spacial score (nSPS) is 17.5. The molecule has 0 unspecified atom stereocenters. The molecule has 3 aromatic rings. The SMILES string of the molecule is Cc1nc(CN(C)C2CCOCC2)cc(Nc2cc(OCCCN3CCCC3)c3cn[nH]c3c2)n1. The Morgan fingerprint density at radius 3 is 2.83 bits per heavy atom. The molecule has 1 aromatic carbocycles. The minimum atomic E-state index is 0.531. The first-order valence-corrected chi connectivity index (χ1v) is 12.9. The summed E-state index contributed by atoms with van der Waals surface area (Å²) in [7, 11) is 2.17. The first kappa shape index (κ1) is 24.0. The molecule has 188 valence electrons. The van der Waals surface area contributed by atoms with Gasteiger partial charge in [-0.05, 0) is 65.2 Å². The molecule has 9 heteroatoms. The Bertz CT molecular complexity index is 1110. The van der Waals surface area contributed by atoms with Crippen molar-refractivity contribution < 1.29 is 9.47 Å². The highest BCUT2D eigenvalue weighted by Gasteiger charge is 2.19. The molecule has 0 atom stereocenters. The number of aromatic nitrogens is 4. The predicted octanol–water partition coefficient (Wildman–Crippen LogP) is 3.88. The number of hydrogen-bond donors (Lipinski definition) is 2. The third kappa shape index (κ3) is 6.28. The molecule has 2 fully saturated rings. The number of anilines is 2. The van der Waals surface area contributed by atoms with E-state index >= 15 is 0 Å². The molecule has 0 aliphatic carbocycles. The summed E-state index contributed by atoms with van der Waals surface area (Å²) in [5.74, 6) is 2.38. The molecule has 2 aliphatic rings. The highest BCUT2D eigenvalue weighted by molar-refractivity contribution is 5.88. The zero-order valence-corrected chi connectivity index (χ0v) is 20.9. The number of aryl methyl sites for hydroxylation is 1. The van der Waals surface area contributed by atoms with Crippen LogP contribution in [-0.2, 0) is 11.3 Å². The minimum absolute atomic E-state index is 0.531. The number of benzene rings is 1. The molecule has 0 radical (unpaired) electrons. The molecule has 0 spiro atoms. The molecule has 4 heterocycles. The van der Waals surface area contributed by atoms with Crippen molar-refractivity contribution in [3.8, 4) is 5.75 Å². The fourth-order valence-electron chi connectivity index (χ4n) is 5.12. The van der Waals surface area contributed by atoms with Crippen LogP contribution in [0.4, 0.5) is 11.5 Å². The number of hydrogen-bond acceptors (Lipinski definition) is 8. The first-order valence-electron chi connectivity index (χ1n) is 12.9. The van der Waals surface area contributed by atoms with Crippen LogP contribution in [0.15, 0.2) is 24.4 Å². The Kier molecular flexibility index (Phi) is 7.75. The molecule has 35 heavy (non-hydrogen) atoms. The van der Waals surface area contributed by atoms with Gasteiger partial charge in [0.05, 0.1) is 29.4 Å². The van der Waals surface area contributed by atoms with Crippen LogP contribution in [0, 0.1) is 6.92 Å². The third-order valence-electron chi connectivity index (χ3n) is 6.98. The van der Waals surface area contributed by atoms with Gasteiger partial charge in [0.15, 0.2) is 0 Å². The number of ether oxygens (including phenoxy) is 2. The zero-order chi connectivity index (χ0) is 24.0. The number of nitrogens with zero attached hydrogens (tertiary/aromatic N) is 5. The number of aromatic amines is 1. The van der Waals surface area contributed by atoms with Gasteiger partial charge in [-0.15, -0.1) is 0 Å². The first-order chi connectivity index (χ1) is 17.1. The molecule has 2 aromatic heterocycles. The number of rotatable bonds is 10. The summed E-state index contributed by atoms with van der Waals surface area (Å²) >= 11 is 0. The largest absolute Gasteiger partial charge is 0.493 e. The average molecular weight is 480 g/mol. The number of H-pyrrole nitrogens is 1. The van der Waals surface area contributed by atoms with E-state index in [0.717, 1.165) is 85.2 Å². The lowest BCUT2D eigenvalue weighted by molar-refractivity contribution is 0.0403. The smallest absolute Gasteiger partial charge is 0.134 e. The zero-order valence-electron chi connectivity index (χ0n) is 20.9. The fraction of sp³-hybridized carbons (Fsp3) is 0.577. The van der Waals surface area contributed by atoms with Crippen molar-refractivity contribution in [1.29, 1.82) is 0 Å². The lowest BCUT2D eigenvalue weighted by atomic mass is 10.1. The number of fused-ring (bicyclic) bond motifs is 1. The van der Waals surface area contributed by atoms with Gasteiger partial charge in [-0.3, -0.25) is 10.00 Å². The van der Waals surface area contributed by atoms with E-state index in [1.54, 1.807) is 0 Å². The summed E-state index contributed by atoms with van der Waals surface area (Å²) in [4.78, 5) is 14.2. The lowest BCUT2D eigenvalue weighted by Gasteiger charge is -2.31. The van der Waals surface area contributed by atoms with E-state index in [4.69, 9.17) is 9.47 Å². The van der Waals surface area contributed by atoms with Gasteiger partial charge in [0.2, 0.25) is 0 Å². The Morgan fingerprint density at radius 2 is 2.00 bits per heavy atom. The van der Waals surface area contributed by atoms with E-state index in [1.807, 2.05) is 31.3 Å². The molecular formula is C26H37N7O2. The van der Waals surface area contributed by atoms with Crippen molar-refractivity contribution >= 4 is 22.4 Å². The van der Waals surface area contributed by atoms with E-state index in [0.29, 0.717) is 12.6 Å². The standard InChI is InChI=1S/C26H37N7O2/c1-19-28-21(18-32(2)22-6-12-34-13-7-22)16-26(29-19)30-20-14-24-23(17-27-31-24)25(15-20)35-11-5-10-33-8-3-4-9-33/h14-17,22H,3-13,18H2,1-2H3,(H,27,31)(H,28,29,30). The van der Waals surface area contributed by atoms with Gasteiger partial charge in [-0.2, -0.15) is 5.10 Å². The second-order valence-electron chi connectivity index (χ2n) is 9.73. The van der Waals surface area contributed by atoms with E-state index in [1.165, 1.54) is 25.9 Å². The summed E-state index contributed by atoms with van der Waals surface area (Å²) in [5, 5.41) is 11.8. The molecule has 0 bridgehead atoms. The lowest BCUT2D eigenvalue weighted by Crippen LogP contribution is -2.36. The maximum atomic E-state index is 6.21. The van der Waals surface area contributed by atoms with Crippen LogP contribution in [0.2, 0.25) is 0 Å². The molecule has 2 aliphatic heterocycles. The van der Waals surface area contributed by atoms with Crippen LogP contribution in [0.5, 0.6) is 5.75 Å². The summed E-state index contributed by atoms with van der Waals surface area (Å²) < 4.78 is 11.7. The summed E-state index contributed by atoms with van der Waals surface area (Å²) in [6.45, 7) is 8.62. The van der Waals surface area contributed by atoms with Crippen molar-refractivity contribution in [2.45, 2.75) is 51.6 Å². The van der Waals surface area contributed by atoms with Crippen LogP contribution in [0.25, 0.3) is 10.9 Å². The topological polar surface area (TPSA) is 91.4 Å². The van der Waals surface area contributed by atoms with Gasteiger partial charge in [-0.1, -0.05) is 0 Å². The molecular weight excluding hydrogens is 442 g/mol. The molecule has 5 rings (SSSR count). The van der Waals surface area contributed by atoms with Crippen molar-refractivity contribution in [3.63, 3.8) is 0 Å². The highest BCUT2D eigenvalue weighted by atomic mass is 16.5. The van der Waals surface area contributed by atoms with Crippen molar-refractivity contribution in [1.82, 2.24) is 30.0 Å².